The Morgan fingerprint density at radius 2 is 2.36 bits per heavy atom. The fourth-order valence-electron chi connectivity index (χ4n) is 2.45. The van der Waals surface area contributed by atoms with E-state index < -0.39 is 0 Å². The minimum absolute atomic E-state index is 0.306. The van der Waals surface area contributed by atoms with Gasteiger partial charge in [-0.05, 0) is 26.3 Å². The molecule has 80 valence electrons. The molecule has 2 fully saturated rings. The summed E-state index contributed by atoms with van der Waals surface area (Å²) in [6.45, 7) is 2.66. The van der Waals surface area contributed by atoms with E-state index in [9.17, 15) is 4.79 Å². The molecule has 2 rings (SSSR count). The molecular formula is C11H19NO2. The molecule has 2 aliphatic rings. The monoisotopic (exact) mass is 197 g/mol. The summed E-state index contributed by atoms with van der Waals surface area (Å²) >= 11 is 0. The van der Waals surface area contributed by atoms with Gasteiger partial charge in [-0.1, -0.05) is 0 Å². The number of hydrogen-bond acceptors (Lipinski definition) is 3. The molecule has 0 radical (unpaired) electrons. The van der Waals surface area contributed by atoms with E-state index in [2.05, 4.69) is 11.9 Å². The van der Waals surface area contributed by atoms with Crippen molar-refractivity contribution in [1.82, 2.24) is 4.90 Å². The Kier molecular flexibility index (Phi) is 3.19. The van der Waals surface area contributed by atoms with Crippen LogP contribution < -0.4 is 0 Å². The van der Waals surface area contributed by atoms with Gasteiger partial charge in [0, 0.05) is 31.5 Å². The molecule has 2 atom stereocenters. The van der Waals surface area contributed by atoms with E-state index in [0.29, 0.717) is 17.7 Å². The van der Waals surface area contributed by atoms with Gasteiger partial charge in [-0.3, -0.25) is 4.79 Å². The van der Waals surface area contributed by atoms with Gasteiger partial charge in [-0.25, -0.2) is 0 Å². The predicted octanol–water partition coefficient (Wildman–Crippen LogP) is 1.08. The molecule has 0 spiro atoms. The van der Waals surface area contributed by atoms with Gasteiger partial charge in [0.1, 0.15) is 5.78 Å². The summed E-state index contributed by atoms with van der Waals surface area (Å²) in [5.74, 6) is 0.774. The SMILES string of the molecule is CN(CC1CCCC1=O)C1CCOC1. The molecule has 1 saturated heterocycles. The van der Waals surface area contributed by atoms with Crippen LogP contribution >= 0.6 is 0 Å². The minimum Gasteiger partial charge on any atom is -0.380 e. The van der Waals surface area contributed by atoms with Crippen LogP contribution in [0.1, 0.15) is 25.7 Å². The van der Waals surface area contributed by atoms with Crippen molar-refractivity contribution >= 4 is 5.78 Å². The number of ketones is 1. The lowest BCUT2D eigenvalue weighted by atomic mass is 10.1. The van der Waals surface area contributed by atoms with Crippen LogP contribution in [0.4, 0.5) is 0 Å². The van der Waals surface area contributed by atoms with Crippen LogP contribution in [0.3, 0.4) is 0 Å². The largest absolute Gasteiger partial charge is 0.380 e. The van der Waals surface area contributed by atoms with E-state index in [0.717, 1.165) is 45.4 Å². The number of likely N-dealkylation sites (N-methyl/N-ethyl adjacent to an activating group) is 1. The van der Waals surface area contributed by atoms with Crippen LogP contribution in [-0.2, 0) is 9.53 Å². The fraction of sp³-hybridized carbons (Fsp3) is 0.909. The van der Waals surface area contributed by atoms with Crippen molar-refractivity contribution in [2.24, 2.45) is 5.92 Å². The zero-order chi connectivity index (χ0) is 9.97. The predicted molar refractivity (Wildman–Crippen MR) is 54.2 cm³/mol. The third kappa shape index (κ3) is 2.15. The first-order valence-corrected chi connectivity index (χ1v) is 5.58. The fourth-order valence-corrected chi connectivity index (χ4v) is 2.45. The first kappa shape index (κ1) is 10.1. The zero-order valence-electron chi connectivity index (χ0n) is 8.87. The molecule has 1 saturated carbocycles. The summed E-state index contributed by atoms with van der Waals surface area (Å²) in [6, 6.07) is 0.545. The number of carbonyl (C=O) groups excluding carboxylic acids is 1. The summed E-state index contributed by atoms with van der Waals surface area (Å²) < 4.78 is 5.34. The molecule has 0 aromatic carbocycles. The highest BCUT2D eigenvalue weighted by atomic mass is 16.5. The topological polar surface area (TPSA) is 29.5 Å². The number of Topliss-reactive ketones (excluding diaryl/α,β-unsaturated/α-hetero) is 1. The Morgan fingerprint density at radius 1 is 1.50 bits per heavy atom. The highest BCUT2D eigenvalue weighted by molar-refractivity contribution is 5.83. The Labute approximate surface area is 85.4 Å². The van der Waals surface area contributed by atoms with Crippen molar-refractivity contribution in [2.75, 3.05) is 26.8 Å². The minimum atomic E-state index is 0.306. The average molecular weight is 197 g/mol. The van der Waals surface area contributed by atoms with Gasteiger partial charge < -0.3 is 9.64 Å². The highest BCUT2D eigenvalue weighted by Gasteiger charge is 2.28. The summed E-state index contributed by atoms with van der Waals surface area (Å²) in [5.41, 5.74) is 0. The molecule has 1 aliphatic heterocycles. The maximum Gasteiger partial charge on any atom is 0.137 e. The smallest absolute Gasteiger partial charge is 0.137 e. The van der Waals surface area contributed by atoms with Gasteiger partial charge in [-0.2, -0.15) is 0 Å². The van der Waals surface area contributed by atoms with Crippen molar-refractivity contribution in [2.45, 2.75) is 31.7 Å². The Bertz CT molecular complexity index is 211. The van der Waals surface area contributed by atoms with Gasteiger partial charge in [-0.15, -0.1) is 0 Å². The molecule has 0 N–H and O–H groups in total. The number of nitrogens with zero attached hydrogens (tertiary/aromatic N) is 1. The van der Waals surface area contributed by atoms with Crippen molar-refractivity contribution in [3.05, 3.63) is 0 Å². The Hall–Kier alpha value is -0.410. The molecule has 1 heterocycles. The second kappa shape index (κ2) is 4.41. The lowest BCUT2D eigenvalue weighted by Gasteiger charge is -2.25. The van der Waals surface area contributed by atoms with Gasteiger partial charge in [0.15, 0.2) is 0 Å². The van der Waals surface area contributed by atoms with E-state index >= 15 is 0 Å². The summed E-state index contributed by atoms with van der Waals surface area (Å²) in [6.07, 6.45) is 4.12. The van der Waals surface area contributed by atoms with Crippen molar-refractivity contribution in [1.29, 1.82) is 0 Å². The molecule has 1 aliphatic carbocycles. The van der Waals surface area contributed by atoms with Gasteiger partial charge in [0.2, 0.25) is 0 Å². The van der Waals surface area contributed by atoms with Crippen molar-refractivity contribution < 1.29 is 9.53 Å². The lowest BCUT2D eigenvalue weighted by Crippen LogP contribution is -2.36. The normalized spacial score (nSPS) is 33.1. The second-order valence-electron chi connectivity index (χ2n) is 4.51. The first-order chi connectivity index (χ1) is 6.77. The molecule has 0 aromatic heterocycles. The van der Waals surface area contributed by atoms with E-state index in [1.54, 1.807) is 0 Å². The maximum absolute atomic E-state index is 11.5. The molecule has 0 amide bonds. The van der Waals surface area contributed by atoms with Gasteiger partial charge >= 0.3 is 0 Å². The molecule has 0 bridgehead atoms. The van der Waals surface area contributed by atoms with Crippen LogP contribution in [0.5, 0.6) is 0 Å². The third-order valence-corrected chi connectivity index (χ3v) is 3.47. The zero-order valence-corrected chi connectivity index (χ0v) is 8.87. The number of ether oxygens (including phenoxy) is 1. The van der Waals surface area contributed by atoms with Crippen molar-refractivity contribution in [3.63, 3.8) is 0 Å². The average Bonchev–Trinajstić information content (AvgIpc) is 2.77. The number of hydrogen-bond donors (Lipinski definition) is 0. The molecule has 2 unspecified atom stereocenters. The Balaban J connectivity index is 1.80. The van der Waals surface area contributed by atoms with Gasteiger partial charge in [0.25, 0.3) is 0 Å². The number of carbonyl (C=O) groups is 1. The standard InChI is InChI=1S/C11H19NO2/c1-12(10-5-6-14-8-10)7-9-3-2-4-11(9)13/h9-10H,2-8H2,1H3. The molecule has 14 heavy (non-hydrogen) atoms. The van der Waals surface area contributed by atoms with E-state index in [1.807, 2.05) is 0 Å². The summed E-state index contributed by atoms with van der Waals surface area (Å²) in [7, 11) is 2.12. The molecule has 0 aromatic rings. The number of rotatable bonds is 3. The Morgan fingerprint density at radius 3 is 2.93 bits per heavy atom. The van der Waals surface area contributed by atoms with Crippen LogP contribution in [0, 0.1) is 5.92 Å². The van der Waals surface area contributed by atoms with Crippen LogP contribution in [0.2, 0.25) is 0 Å². The first-order valence-electron chi connectivity index (χ1n) is 5.58. The molecule has 3 heteroatoms. The van der Waals surface area contributed by atoms with Crippen molar-refractivity contribution in [3.8, 4) is 0 Å². The van der Waals surface area contributed by atoms with Gasteiger partial charge in [0.05, 0.1) is 6.61 Å². The summed E-state index contributed by atoms with van der Waals surface area (Å²) in [5, 5.41) is 0. The highest BCUT2D eigenvalue weighted by Crippen LogP contribution is 2.23. The quantitative estimate of drug-likeness (QED) is 0.678. The lowest BCUT2D eigenvalue weighted by molar-refractivity contribution is -0.121. The van der Waals surface area contributed by atoms with Crippen LogP contribution in [-0.4, -0.2) is 43.5 Å². The molecular weight excluding hydrogens is 178 g/mol. The van der Waals surface area contributed by atoms with E-state index in [4.69, 9.17) is 4.74 Å². The van der Waals surface area contributed by atoms with E-state index in [1.165, 1.54) is 0 Å². The van der Waals surface area contributed by atoms with E-state index in [-0.39, 0.29) is 0 Å². The van der Waals surface area contributed by atoms with Crippen LogP contribution in [0.25, 0.3) is 0 Å². The van der Waals surface area contributed by atoms with Crippen LogP contribution in [0.15, 0.2) is 0 Å². The maximum atomic E-state index is 11.5. The summed E-state index contributed by atoms with van der Waals surface area (Å²) in [4.78, 5) is 13.8. The molecule has 3 nitrogen and oxygen atoms in total. The third-order valence-electron chi connectivity index (χ3n) is 3.47. The second-order valence-corrected chi connectivity index (χ2v) is 4.51.